The van der Waals surface area contributed by atoms with Crippen molar-refractivity contribution in [3.05, 3.63) is 71.0 Å². The molecule has 6 heteroatoms. The third kappa shape index (κ3) is 3.17. The van der Waals surface area contributed by atoms with Crippen LogP contribution in [-0.2, 0) is 6.42 Å². The number of hydrogen-bond acceptors (Lipinski definition) is 2. The molecule has 4 rings (SSSR count). The molecule has 0 unspecified atom stereocenters. The highest BCUT2D eigenvalue weighted by atomic mass is 19.1. The van der Waals surface area contributed by atoms with Crippen molar-refractivity contribution in [1.82, 2.24) is 15.5 Å². The number of nitrogens with one attached hydrogen (secondary N) is 2. The molecule has 2 aromatic rings. The molecule has 2 heterocycles. The summed E-state index contributed by atoms with van der Waals surface area (Å²) in [6.45, 7) is 1.22. The first-order valence-electron chi connectivity index (χ1n) is 8.88. The first kappa shape index (κ1) is 17.0. The van der Waals surface area contributed by atoms with E-state index in [4.69, 9.17) is 0 Å². The van der Waals surface area contributed by atoms with Crippen molar-refractivity contribution >= 4 is 6.03 Å². The van der Waals surface area contributed by atoms with Gasteiger partial charge >= 0.3 is 6.03 Å². The topological polar surface area (TPSA) is 44.4 Å². The van der Waals surface area contributed by atoms with E-state index in [-0.39, 0.29) is 24.4 Å². The average molecular weight is 357 g/mol. The standard InChI is InChI=1S/C20H21F2N3O/c21-15-7-5-14(6-8-15)19-16-4-2-1-3-13(16)9-10-25(19)20(26)24-18-12-23-11-17(18)22/h1-8,17-19,23H,9-12H2,(H,24,26)/t17-,18+,19+/m1/s1. The van der Waals surface area contributed by atoms with Crippen molar-refractivity contribution in [2.24, 2.45) is 0 Å². The van der Waals surface area contributed by atoms with E-state index in [1.165, 1.54) is 17.7 Å². The third-order valence-corrected chi connectivity index (χ3v) is 5.18. The van der Waals surface area contributed by atoms with E-state index < -0.39 is 12.2 Å². The number of carbonyl (C=O) groups is 1. The summed E-state index contributed by atoms with van der Waals surface area (Å²) in [5, 5.41) is 5.76. The van der Waals surface area contributed by atoms with Crippen LogP contribution < -0.4 is 10.6 Å². The van der Waals surface area contributed by atoms with Gasteiger partial charge in [0.25, 0.3) is 0 Å². The molecular formula is C20H21F2N3O. The van der Waals surface area contributed by atoms with Gasteiger partial charge in [0, 0.05) is 19.6 Å². The second-order valence-corrected chi connectivity index (χ2v) is 6.83. The molecule has 0 saturated carbocycles. The Labute approximate surface area is 151 Å². The number of hydrogen-bond donors (Lipinski definition) is 2. The molecule has 0 aliphatic carbocycles. The molecule has 0 aromatic heterocycles. The predicted octanol–water partition coefficient (Wildman–Crippen LogP) is 2.79. The van der Waals surface area contributed by atoms with Crippen LogP contribution in [0.15, 0.2) is 48.5 Å². The molecule has 2 aliphatic heterocycles. The number of urea groups is 1. The van der Waals surface area contributed by atoms with Crippen LogP contribution >= 0.6 is 0 Å². The minimum absolute atomic E-state index is 0.259. The number of nitrogens with zero attached hydrogens (tertiary/aromatic N) is 1. The molecule has 2 amide bonds. The minimum atomic E-state index is -1.08. The van der Waals surface area contributed by atoms with E-state index in [0.29, 0.717) is 13.1 Å². The van der Waals surface area contributed by atoms with Crippen LogP contribution in [-0.4, -0.2) is 42.8 Å². The molecule has 2 aliphatic rings. The SMILES string of the molecule is O=C(N[C@H]1CNC[C@H]1F)N1CCc2ccccc2[C@@H]1c1ccc(F)cc1. The van der Waals surface area contributed by atoms with Gasteiger partial charge in [0.1, 0.15) is 12.0 Å². The Hall–Kier alpha value is -2.47. The van der Waals surface area contributed by atoms with E-state index in [0.717, 1.165) is 17.5 Å². The summed E-state index contributed by atoms with van der Waals surface area (Å²) in [6.07, 6.45) is -0.344. The molecule has 1 fully saturated rings. The van der Waals surface area contributed by atoms with E-state index in [2.05, 4.69) is 16.7 Å². The van der Waals surface area contributed by atoms with Gasteiger partial charge in [-0.1, -0.05) is 36.4 Å². The van der Waals surface area contributed by atoms with Crippen molar-refractivity contribution in [3.63, 3.8) is 0 Å². The number of carbonyl (C=O) groups excluding carboxylic acids is 1. The Bertz CT molecular complexity index is 796. The van der Waals surface area contributed by atoms with Crippen LogP contribution in [0.5, 0.6) is 0 Å². The lowest BCUT2D eigenvalue weighted by atomic mass is 9.88. The van der Waals surface area contributed by atoms with Crippen molar-refractivity contribution in [2.45, 2.75) is 24.7 Å². The second-order valence-electron chi connectivity index (χ2n) is 6.83. The zero-order valence-corrected chi connectivity index (χ0v) is 14.3. The van der Waals surface area contributed by atoms with Crippen molar-refractivity contribution in [1.29, 1.82) is 0 Å². The van der Waals surface area contributed by atoms with Gasteiger partial charge in [0.05, 0.1) is 12.1 Å². The lowest BCUT2D eigenvalue weighted by molar-refractivity contribution is 0.171. The highest BCUT2D eigenvalue weighted by Crippen LogP contribution is 2.35. The second kappa shape index (κ2) is 7.03. The van der Waals surface area contributed by atoms with E-state index in [1.807, 2.05) is 18.2 Å². The number of rotatable bonds is 2. The maximum Gasteiger partial charge on any atom is 0.318 e. The fourth-order valence-electron chi connectivity index (χ4n) is 3.82. The highest BCUT2D eigenvalue weighted by molar-refractivity contribution is 5.76. The number of benzene rings is 2. The van der Waals surface area contributed by atoms with Crippen LogP contribution in [0.3, 0.4) is 0 Å². The van der Waals surface area contributed by atoms with Gasteiger partial charge in [0.15, 0.2) is 0 Å². The van der Waals surface area contributed by atoms with Gasteiger partial charge in [-0.25, -0.2) is 13.6 Å². The van der Waals surface area contributed by atoms with Crippen LogP contribution in [0.25, 0.3) is 0 Å². The molecule has 0 radical (unpaired) electrons. The van der Waals surface area contributed by atoms with Gasteiger partial charge in [0.2, 0.25) is 0 Å². The minimum Gasteiger partial charge on any atom is -0.331 e. The molecule has 3 atom stereocenters. The summed E-state index contributed by atoms with van der Waals surface area (Å²) in [5.74, 6) is -0.314. The van der Waals surface area contributed by atoms with Gasteiger partial charge in [-0.3, -0.25) is 0 Å². The molecule has 2 aromatic carbocycles. The summed E-state index contributed by atoms with van der Waals surface area (Å²) in [5.41, 5.74) is 3.05. The molecule has 0 spiro atoms. The monoisotopic (exact) mass is 357 g/mol. The zero-order valence-electron chi connectivity index (χ0n) is 14.3. The van der Waals surface area contributed by atoms with Crippen LogP contribution in [0.1, 0.15) is 22.7 Å². The normalized spacial score (nSPS) is 25.0. The molecule has 0 bridgehead atoms. The largest absolute Gasteiger partial charge is 0.331 e. The molecule has 4 nitrogen and oxygen atoms in total. The molecule has 26 heavy (non-hydrogen) atoms. The lowest BCUT2D eigenvalue weighted by Crippen LogP contribution is -2.51. The Morgan fingerprint density at radius 3 is 2.62 bits per heavy atom. The fourth-order valence-corrected chi connectivity index (χ4v) is 3.82. The quantitative estimate of drug-likeness (QED) is 0.868. The number of amides is 2. The molecule has 1 saturated heterocycles. The first-order chi connectivity index (χ1) is 12.6. The van der Waals surface area contributed by atoms with Crippen molar-refractivity contribution < 1.29 is 13.6 Å². The highest BCUT2D eigenvalue weighted by Gasteiger charge is 2.35. The van der Waals surface area contributed by atoms with Gasteiger partial charge < -0.3 is 15.5 Å². The number of halogens is 2. The maximum atomic E-state index is 13.9. The summed E-state index contributed by atoms with van der Waals surface area (Å²) in [4.78, 5) is 14.6. The Morgan fingerprint density at radius 2 is 1.88 bits per heavy atom. The van der Waals surface area contributed by atoms with E-state index in [9.17, 15) is 13.6 Å². The Balaban J connectivity index is 1.66. The number of fused-ring (bicyclic) bond motifs is 1. The molecule has 2 N–H and O–H groups in total. The van der Waals surface area contributed by atoms with Crippen LogP contribution in [0.2, 0.25) is 0 Å². The summed E-state index contributed by atoms with van der Waals surface area (Å²) in [6, 6.07) is 13.1. The Morgan fingerprint density at radius 1 is 1.12 bits per heavy atom. The van der Waals surface area contributed by atoms with E-state index >= 15 is 0 Å². The third-order valence-electron chi connectivity index (χ3n) is 5.18. The fraction of sp³-hybridized carbons (Fsp3) is 0.350. The first-order valence-corrected chi connectivity index (χ1v) is 8.88. The molecule has 136 valence electrons. The van der Waals surface area contributed by atoms with E-state index in [1.54, 1.807) is 17.0 Å². The van der Waals surface area contributed by atoms with Gasteiger partial charge in [-0.05, 0) is 35.2 Å². The van der Waals surface area contributed by atoms with Gasteiger partial charge in [-0.2, -0.15) is 0 Å². The smallest absolute Gasteiger partial charge is 0.318 e. The molecular weight excluding hydrogens is 336 g/mol. The number of alkyl halides is 1. The lowest BCUT2D eigenvalue weighted by Gasteiger charge is -2.38. The Kier molecular flexibility index (Phi) is 4.59. The predicted molar refractivity (Wildman–Crippen MR) is 95.2 cm³/mol. The van der Waals surface area contributed by atoms with Crippen LogP contribution in [0, 0.1) is 5.82 Å². The van der Waals surface area contributed by atoms with Gasteiger partial charge in [-0.15, -0.1) is 0 Å². The summed E-state index contributed by atoms with van der Waals surface area (Å²) in [7, 11) is 0. The van der Waals surface area contributed by atoms with Crippen molar-refractivity contribution in [3.8, 4) is 0 Å². The average Bonchev–Trinajstić information content (AvgIpc) is 3.06. The summed E-state index contributed by atoms with van der Waals surface area (Å²) < 4.78 is 27.3. The van der Waals surface area contributed by atoms with Crippen molar-refractivity contribution in [2.75, 3.05) is 19.6 Å². The van der Waals surface area contributed by atoms with Crippen LogP contribution in [0.4, 0.5) is 13.6 Å². The zero-order chi connectivity index (χ0) is 18.1. The summed E-state index contributed by atoms with van der Waals surface area (Å²) >= 11 is 0. The maximum absolute atomic E-state index is 13.9.